The molecule has 30 heavy (non-hydrogen) atoms. The Hall–Kier alpha value is -2.10. The largest absolute Gasteiger partial charge is 0.357 e. The van der Waals surface area contributed by atoms with Gasteiger partial charge in [0.05, 0.1) is 18.8 Å². The monoisotopic (exact) mass is 524 g/mol. The van der Waals surface area contributed by atoms with Gasteiger partial charge in [-0.15, -0.1) is 24.0 Å². The van der Waals surface area contributed by atoms with Crippen molar-refractivity contribution in [2.24, 2.45) is 18.0 Å². The van der Waals surface area contributed by atoms with Gasteiger partial charge in [0, 0.05) is 31.4 Å². The number of nitrogens with zero attached hydrogens (tertiary/aromatic N) is 3. The van der Waals surface area contributed by atoms with Gasteiger partial charge in [0.15, 0.2) is 5.96 Å². The van der Waals surface area contributed by atoms with Gasteiger partial charge in [-0.25, -0.2) is 4.99 Å². The van der Waals surface area contributed by atoms with Crippen LogP contribution >= 0.6 is 24.0 Å². The van der Waals surface area contributed by atoms with Gasteiger partial charge in [-0.05, 0) is 43.5 Å². The first-order valence-corrected chi connectivity index (χ1v) is 10.5. The van der Waals surface area contributed by atoms with Gasteiger partial charge >= 0.3 is 0 Å². The number of aliphatic imine (C=N–C) groups is 1. The minimum Gasteiger partial charge on any atom is -0.357 e. The van der Waals surface area contributed by atoms with Crippen LogP contribution < -0.4 is 16.0 Å². The molecule has 2 aromatic rings. The summed E-state index contributed by atoms with van der Waals surface area (Å²) in [6.07, 6.45) is 7.36. The minimum absolute atomic E-state index is 0. The second-order valence-corrected chi connectivity index (χ2v) is 7.52. The third kappa shape index (κ3) is 7.30. The molecule has 1 aromatic heterocycles. The molecule has 1 fully saturated rings. The Bertz CT molecular complexity index is 829. The molecular weight excluding hydrogens is 491 g/mol. The Labute approximate surface area is 196 Å². The molecule has 1 amide bonds. The number of carbonyl (C=O) groups is 1. The lowest BCUT2D eigenvalue weighted by Gasteiger charge is -2.20. The lowest BCUT2D eigenvalue weighted by Crippen LogP contribution is -2.37. The SMILES string of the molecule is CCNC(=NCc1cccc(NC(=O)C2CCCCC2)c1)NCc1ccnn1C.I. The molecule has 0 atom stereocenters. The predicted octanol–water partition coefficient (Wildman–Crippen LogP) is 3.81. The van der Waals surface area contributed by atoms with Crippen molar-refractivity contribution in [2.45, 2.75) is 52.1 Å². The van der Waals surface area contributed by atoms with Crippen LogP contribution in [-0.2, 0) is 24.9 Å². The van der Waals surface area contributed by atoms with Crippen LogP contribution in [0.15, 0.2) is 41.5 Å². The van der Waals surface area contributed by atoms with E-state index < -0.39 is 0 Å². The van der Waals surface area contributed by atoms with Crippen LogP contribution in [0.1, 0.15) is 50.3 Å². The van der Waals surface area contributed by atoms with E-state index >= 15 is 0 Å². The minimum atomic E-state index is 0. The zero-order chi connectivity index (χ0) is 20.5. The van der Waals surface area contributed by atoms with Crippen LogP contribution in [0.4, 0.5) is 5.69 Å². The van der Waals surface area contributed by atoms with Gasteiger partial charge in [0.25, 0.3) is 0 Å². The fourth-order valence-electron chi connectivity index (χ4n) is 3.62. The summed E-state index contributed by atoms with van der Waals surface area (Å²) in [5.41, 5.74) is 2.99. The second kappa shape index (κ2) is 12.6. The van der Waals surface area contributed by atoms with Gasteiger partial charge in [-0.2, -0.15) is 5.10 Å². The lowest BCUT2D eigenvalue weighted by atomic mass is 9.88. The third-order valence-electron chi connectivity index (χ3n) is 5.29. The number of anilines is 1. The first kappa shape index (κ1) is 24.2. The number of benzene rings is 1. The van der Waals surface area contributed by atoms with Gasteiger partial charge in [-0.1, -0.05) is 31.4 Å². The van der Waals surface area contributed by atoms with E-state index in [2.05, 4.69) is 26.0 Å². The summed E-state index contributed by atoms with van der Waals surface area (Å²) >= 11 is 0. The Kier molecular flexibility index (Phi) is 10.1. The van der Waals surface area contributed by atoms with Crippen LogP contribution in [0.3, 0.4) is 0 Å². The van der Waals surface area contributed by atoms with Gasteiger partial charge in [0.2, 0.25) is 5.91 Å². The molecule has 0 aliphatic heterocycles. The van der Waals surface area contributed by atoms with E-state index in [4.69, 9.17) is 0 Å². The number of hydrogen-bond donors (Lipinski definition) is 3. The van der Waals surface area contributed by atoms with E-state index in [1.807, 2.05) is 49.0 Å². The lowest BCUT2D eigenvalue weighted by molar-refractivity contribution is -0.120. The van der Waals surface area contributed by atoms with Crippen molar-refractivity contribution in [3.63, 3.8) is 0 Å². The molecule has 1 aromatic carbocycles. The number of guanidine groups is 1. The molecule has 0 saturated heterocycles. The maximum absolute atomic E-state index is 12.5. The number of nitrogens with one attached hydrogen (secondary N) is 3. The molecule has 0 unspecified atom stereocenters. The summed E-state index contributed by atoms with van der Waals surface area (Å²) in [4.78, 5) is 17.2. The average molecular weight is 524 g/mol. The summed E-state index contributed by atoms with van der Waals surface area (Å²) in [5.74, 6) is 1.06. The van der Waals surface area contributed by atoms with Crippen molar-refractivity contribution >= 4 is 41.5 Å². The van der Waals surface area contributed by atoms with E-state index in [9.17, 15) is 4.79 Å². The summed E-state index contributed by atoms with van der Waals surface area (Å²) in [5, 5.41) is 13.9. The smallest absolute Gasteiger partial charge is 0.227 e. The third-order valence-corrected chi connectivity index (χ3v) is 5.29. The maximum Gasteiger partial charge on any atom is 0.227 e. The Morgan fingerprint density at radius 3 is 2.70 bits per heavy atom. The molecule has 1 aliphatic rings. The van der Waals surface area contributed by atoms with Crippen LogP contribution in [0.2, 0.25) is 0 Å². The van der Waals surface area contributed by atoms with Crippen molar-refractivity contribution in [1.82, 2.24) is 20.4 Å². The Morgan fingerprint density at radius 2 is 2.00 bits per heavy atom. The maximum atomic E-state index is 12.5. The van der Waals surface area contributed by atoms with Crippen LogP contribution in [0.5, 0.6) is 0 Å². The van der Waals surface area contributed by atoms with Crippen molar-refractivity contribution in [3.05, 3.63) is 47.8 Å². The molecule has 8 heteroatoms. The van der Waals surface area contributed by atoms with E-state index in [-0.39, 0.29) is 35.8 Å². The van der Waals surface area contributed by atoms with E-state index in [0.29, 0.717) is 13.1 Å². The summed E-state index contributed by atoms with van der Waals surface area (Å²) in [7, 11) is 1.92. The first-order valence-electron chi connectivity index (χ1n) is 10.5. The molecule has 1 aliphatic carbocycles. The first-order chi connectivity index (χ1) is 14.2. The van der Waals surface area contributed by atoms with E-state index in [0.717, 1.165) is 55.1 Å². The predicted molar refractivity (Wildman–Crippen MR) is 132 cm³/mol. The number of rotatable bonds is 7. The number of aromatic nitrogens is 2. The summed E-state index contributed by atoms with van der Waals surface area (Å²) < 4.78 is 1.84. The molecule has 1 heterocycles. The molecule has 164 valence electrons. The van der Waals surface area contributed by atoms with Crippen LogP contribution in [0, 0.1) is 5.92 Å². The van der Waals surface area contributed by atoms with Gasteiger partial charge in [-0.3, -0.25) is 9.48 Å². The molecule has 0 spiro atoms. The molecule has 3 rings (SSSR count). The molecule has 0 radical (unpaired) electrons. The summed E-state index contributed by atoms with van der Waals surface area (Å²) in [6.45, 7) is 4.02. The molecule has 1 saturated carbocycles. The fourth-order valence-corrected chi connectivity index (χ4v) is 3.62. The zero-order valence-corrected chi connectivity index (χ0v) is 20.2. The molecule has 3 N–H and O–H groups in total. The Morgan fingerprint density at radius 1 is 1.20 bits per heavy atom. The number of aryl methyl sites for hydroxylation is 1. The van der Waals surface area contributed by atoms with Crippen LogP contribution in [-0.4, -0.2) is 28.2 Å². The molecule has 0 bridgehead atoms. The van der Waals surface area contributed by atoms with E-state index in [1.165, 1.54) is 6.42 Å². The van der Waals surface area contributed by atoms with E-state index in [1.54, 1.807) is 6.20 Å². The second-order valence-electron chi connectivity index (χ2n) is 7.52. The number of halogens is 1. The quantitative estimate of drug-likeness (QED) is 0.292. The Balaban J connectivity index is 0.00000320. The summed E-state index contributed by atoms with van der Waals surface area (Å²) in [6, 6.07) is 9.94. The molecular formula is C22H33IN6O. The molecule has 7 nitrogen and oxygen atoms in total. The average Bonchev–Trinajstić information content (AvgIpc) is 3.16. The van der Waals surface area contributed by atoms with Crippen molar-refractivity contribution < 1.29 is 4.79 Å². The van der Waals surface area contributed by atoms with Crippen molar-refractivity contribution in [3.8, 4) is 0 Å². The fraction of sp³-hybridized carbons (Fsp3) is 0.500. The standard InChI is InChI=1S/C22H32N6O.HI/c1-3-23-22(25-16-20-12-13-26-28(20)2)24-15-17-8-7-11-19(14-17)27-21(29)18-9-5-4-6-10-18;/h7-8,11-14,18H,3-6,9-10,15-16H2,1-2H3,(H,27,29)(H2,23,24,25);1H. The van der Waals surface area contributed by atoms with Gasteiger partial charge in [0.1, 0.15) is 0 Å². The topological polar surface area (TPSA) is 83.3 Å². The number of amides is 1. The van der Waals surface area contributed by atoms with Crippen LogP contribution in [0.25, 0.3) is 0 Å². The van der Waals surface area contributed by atoms with Gasteiger partial charge < -0.3 is 16.0 Å². The number of hydrogen-bond acceptors (Lipinski definition) is 3. The zero-order valence-electron chi connectivity index (χ0n) is 17.9. The highest BCUT2D eigenvalue weighted by Gasteiger charge is 2.21. The highest BCUT2D eigenvalue weighted by atomic mass is 127. The normalized spacial score (nSPS) is 14.7. The van der Waals surface area contributed by atoms with Crippen molar-refractivity contribution in [1.29, 1.82) is 0 Å². The highest BCUT2D eigenvalue weighted by Crippen LogP contribution is 2.25. The number of carbonyl (C=O) groups excluding carboxylic acids is 1. The van der Waals surface area contributed by atoms with Crippen molar-refractivity contribution in [2.75, 3.05) is 11.9 Å². The highest BCUT2D eigenvalue weighted by molar-refractivity contribution is 14.0.